The molecule has 0 aromatic heterocycles. The zero-order chi connectivity index (χ0) is 11.5. The Morgan fingerprint density at radius 2 is 2.19 bits per heavy atom. The van der Waals surface area contributed by atoms with Crippen molar-refractivity contribution in [3.05, 3.63) is 23.3 Å². The predicted octanol–water partition coefficient (Wildman–Crippen LogP) is 2.48. The van der Waals surface area contributed by atoms with Gasteiger partial charge in [-0.05, 0) is 12.5 Å². The summed E-state index contributed by atoms with van der Waals surface area (Å²) in [5, 5.41) is 9.57. The second-order valence-electron chi connectivity index (χ2n) is 5.15. The lowest BCUT2D eigenvalue weighted by molar-refractivity contribution is 0.0816. The van der Waals surface area contributed by atoms with Crippen LogP contribution in [0.25, 0.3) is 0 Å². The third kappa shape index (κ3) is 1.01. The molecular formula is C13H14O3. The first-order valence-corrected chi connectivity index (χ1v) is 5.56. The number of ether oxygens (including phenoxy) is 1. The van der Waals surface area contributed by atoms with Crippen LogP contribution in [0.5, 0.6) is 11.5 Å². The van der Waals surface area contributed by atoms with Crippen molar-refractivity contribution < 1.29 is 14.6 Å². The van der Waals surface area contributed by atoms with Crippen LogP contribution >= 0.6 is 0 Å². The van der Waals surface area contributed by atoms with Crippen LogP contribution in [-0.2, 0) is 0 Å². The molecule has 3 rings (SSSR count). The Balaban J connectivity index is 2.31. The second kappa shape index (κ2) is 2.78. The Morgan fingerprint density at radius 1 is 1.44 bits per heavy atom. The molecule has 0 saturated heterocycles. The molecule has 1 N–H and O–H groups in total. The number of phenols is 1. The summed E-state index contributed by atoms with van der Waals surface area (Å²) in [6, 6.07) is 3.18. The van der Waals surface area contributed by atoms with Crippen LogP contribution in [0.15, 0.2) is 12.1 Å². The van der Waals surface area contributed by atoms with Gasteiger partial charge in [-0.25, -0.2) is 0 Å². The fourth-order valence-electron chi connectivity index (χ4n) is 2.94. The van der Waals surface area contributed by atoms with Gasteiger partial charge in [0.25, 0.3) is 0 Å². The molecule has 1 aliphatic heterocycles. The number of carbonyl (C=O) groups excluding carboxylic acids is 1. The zero-order valence-electron chi connectivity index (χ0n) is 9.41. The van der Waals surface area contributed by atoms with Gasteiger partial charge in [0, 0.05) is 28.5 Å². The third-order valence-electron chi connectivity index (χ3n) is 3.84. The standard InChI is InChI=1S/C13H14O3/c1-13(2)9-3-4-16-10-6-7(14)5-8(11(9)10)12(13)15/h5-6,9,14H,3-4H2,1-2H3. The zero-order valence-corrected chi connectivity index (χ0v) is 9.41. The number of phenolic OH excluding ortho intramolecular Hbond substituents is 1. The Hall–Kier alpha value is -1.51. The van der Waals surface area contributed by atoms with Gasteiger partial charge in [0.1, 0.15) is 11.5 Å². The highest BCUT2D eigenvalue weighted by Gasteiger charge is 2.49. The molecule has 1 unspecified atom stereocenters. The first-order chi connectivity index (χ1) is 7.51. The van der Waals surface area contributed by atoms with Crippen LogP contribution in [0, 0.1) is 5.41 Å². The molecule has 1 aromatic rings. The third-order valence-corrected chi connectivity index (χ3v) is 3.84. The van der Waals surface area contributed by atoms with Gasteiger partial charge in [-0.1, -0.05) is 13.8 Å². The van der Waals surface area contributed by atoms with E-state index >= 15 is 0 Å². The topological polar surface area (TPSA) is 46.5 Å². The van der Waals surface area contributed by atoms with E-state index in [2.05, 4.69) is 0 Å². The number of carbonyl (C=O) groups is 1. The van der Waals surface area contributed by atoms with Crippen molar-refractivity contribution in [2.75, 3.05) is 6.61 Å². The summed E-state index contributed by atoms with van der Waals surface area (Å²) in [5.41, 5.74) is 1.28. The highest BCUT2D eigenvalue weighted by atomic mass is 16.5. The number of hydrogen-bond donors (Lipinski definition) is 1. The van der Waals surface area contributed by atoms with Crippen LogP contribution in [-0.4, -0.2) is 17.5 Å². The minimum absolute atomic E-state index is 0.112. The number of ketones is 1. The summed E-state index contributed by atoms with van der Waals surface area (Å²) in [6.45, 7) is 4.58. The van der Waals surface area contributed by atoms with Gasteiger partial charge in [-0.15, -0.1) is 0 Å². The SMILES string of the molecule is CC1(C)C(=O)c2cc(O)cc3c2C1CCO3. The summed E-state index contributed by atoms with van der Waals surface area (Å²) in [5.74, 6) is 1.15. The van der Waals surface area contributed by atoms with Crippen LogP contribution in [0.4, 0.5) is 0 Å². The Labute approximate surface area is 94.0 Å². The van der Waals surface area contributed by atoms with E-state index in [1.807, 2.05) is 13.8 Å². The van der Waals surface area contributed by atoms with Crippen molar-refractivity contribution in [2.45, 2.75) is 26.2 Å². The quantitative estimate of drug-likeness (QED) is 0.727. The van der Waals surface area contributed by atoms with E-state index in [0.717, 1.165) is 12.0 Å². The van der Waals surface area contributed by atoms with Gasteiger partial charge in [-0.3, -0.25) is 4.79 Å². The Morgan fingerprint density at radius 3 is 2.94 bits per heavy atom. The Bertz CT molecular complexity index is 488. The highest BCUT2D eigenvalue weighted by Crippen LogP contribution is 2.54. The summed E-state index contributed by atoms with van der Waals surface area (Å²) in [7, 11) is 0. The molecule has 0 radical (unpaired) electrons. The maximum Gasteiger partial charge on any atom is 0.169 e. The van der Waals surface area contributed by atoms with E-state index < -0.39 is 0 Å². The molecule has 0 amide bonds. The van der Waals surface area contributed by atoms with Gasteiger partial charge in [-0.2, -0.15) is 0 Å². The van der Waals surface area contributed by atoms with E-state index in [9.17, 15) is 9.90 Å². The van der Waals surface area contributed by atoms with Gasteiger partial charge in [0.15, 0.2) is 5.78 Å². The molecule has 1 aliphatic carbocycles. The van der Waals surface area contributed by atoms with Gasteiger partial charge in [0.2, 0.25) is 0 Å². The molecule has 16 heavy (non-hydrogen) atoms. The number of rotatable bonds is 0. The van der Waals surface area contributed by atoms with Crippen LogP contribution in [0.1, 0.15) is 42.1 Å². The fraction of sp³-hybridized carbons (Fsp3) is 0.462. The van der Waals surface area contributed by atoms with Crippen LogP contribution in [0.3, 0.4) is 0 Å². The average molecular weight is 218 g/mol. The van der Waals surface area contributed by atoms with Crippen LogP contribution < -0.4 is 4.74 Å². The molecule has 1 aromatic carbocycles. The van der Waals surface area contributed by atoms with E-state index in [0.29, 0.717) is 17.9 Å². The number of aromatic hydroxyl groups is 1. The summed E-state index contributed by atoms with van der Waals surface area (Å²) in [4.78, 5) is 12.3. The molecule has 84 valence electrons. The number of hydrogen-bond acceptors (Lipinski definition) is 3. The van der Waals surface area contributed by atoms with E-state index in [-0.39, 0.29) is 22.9 Å². The summed E-state index contributed by atoms with van der Waals surface area (Å²) < 4.78 is 5.52. The van der Waals surface area contributed by atoms with Crippen molar-refractivity contribution in [1.82, 2.24) is 0 Å². The first-order valence-electron chi connectivity index (χ1n) is 5.56. The summed E-state index contributed by atoms with van der Waals surface area (Å²) >= 11 is 0. The predicted molar refractivity (Wildman–Crippen MR) is 59.1 cm³/mol. The highest BCUT2D eigenvalue weighted by molar-refractivity contribution is 6.06. The van der Waals surface area contributed by atoms with Crippen molar-refractivity contribution in [3.63, 3.8) is 0 Å². The van der Waals surface area contributed by atoms with Crippen molar-refractivity contribution in [2.24, 2.45) is 5.41 Å². The fourth-order valence-corrected chi connectivity index (χ4v) is 2.94. The van der Waals surface area contributed by atoms with Gasteiger partial charge in [0.05, 0.1) is 6.61 Å². The molecule has 3 nitrogen and oxygen atoms in total. The molecule has 1 atom stereocenters. The van der Waals surface area contributed by atoms with Crippen molar-refractivity contribution >= 4 is 5.78 Å². The molecule has 0 spiro atoms. The maximum atomic E-state index is 12.3. The normalized spacial score (nSPS) is 25.1. The monoisotopic (exact) mass is 218 g/mol. The molecule has 0 fully saturated rings. The number of benzene rings is 1. The van der Waals surface area contributed by atoms with E-state index in [4.69, 9.17) is 4.74 Å². The largest absolute Gasteiger partial charge is 0.508 e. The lowest BCUT2D eigenvalue weighted by atomic mass is 9.77. The lowest BCUT2D eigenvalue weighted by Gasteiger charge is -2.30. The Kier molecular flexibility index (Phi) is 1.69. The van der Waals surface area contributed by atoms with Crippen molar-refractivity contribution in [1.29, 1.82) is 0 Å². The second-order valence-corrected chi connectivity index (χ2v) is 5.15. The minimum atomic E-state index is -0.366. The molecule has 2 aliphatic rings. The van der Waals surface area contributed by atoms with Crippen LogP contribution in [0.2, 0.25) is 0 Å². The molecule has 1 heterocycles. The number of Topliss-reactive ketones (excluding diaryl/α,β-unsaturated/α-hetero) is 1. The minimum Gasteiger partial charge on any atom is -0.508 e. The van der Waals surface area contributed by atoms with Gasteiger partial charge >= 0.3 is 0 Å². The first kappa shape index (κ1) is 9.70. The molecule has 0 bridgehead atoms. The lowest BCUT2D eigenvalue weighted by Crippen LogP contribution is -2.26. The molecular weight excluding hydrogens is 204 g/mol. The smallest absolute Gasteiger partial charge is 0.169 e. The maximum absolute atomic E-state index is 12.3. The average Bonchev–Trinajstić information content (AvgIpc) is 2.42. The van der Waals surface area contributed by atoms with Crippen molar-refractivity contribution in [3.8, 4) is 11.5 Å². The van der Waals surface area contributed by atoms with E-state index in [1.54, 1.807) is 12.1 Å². The molecule has 0 saturated carbocycles. The molecule has 3 heteroatoms. The van der Waals surface area contributed by atoms with E-state index in [1.165, 1.54) is 0 Å². The van der Waals surface area contributed by atoms with Gasteiger partial charge < -0.3 is 9.84 Å². The summed E-state index contributed by atoms with van der Waals surface area (Å²) in [6.07, 6.45) is 0.878.